The molecule has 4 heterocycles. The van der Waals surface area contributed by atoms with Crippen LogP contribution in [0, 0.1) is 6.92 Å². The minimum atomic E-state index is -0.148. The van der Waals surface area contributed by atoms with Gasteiger partial charge in [-0.1, -0.05) is 13.8 Å². The second-order valence-corrected chi connectivity index (χ2v) is 9.75. The lowest BCUT2D eigenvalue weighted by Crippen LogP contribution is -2.32. The van der Waals surface area contributed by atoms with Crippen molar-refractivity contribution in [3.05, 3.63) is 23.1 Å². The molecule has 3 aromatic heterocycles. The van der Waals surface area contributed by atoms with E-state index in [4.69, 9.17) is 9.72 Å². The summed E-state index contributed by atoms with van der Waals surface area (Å²) in [4.78, 5) is 15.1. The van der Waals surface area contributed by atoms with Gasteiger partial charge in [0.2, 0.25) is 0 Å². The van der Waals surface area contributed by atoms with Gasteiger partial charge in [0.25, 0.3) is 0 Å². The molecule has 24 heavy (non-hydrogen) atoms. The summed E-state index contributed by atoms with van der Waals surface area (Å²) in [6.07, 6.45) is 2.58. The van der Waals surface area contributed by atoms with Crippen LogP contribution >= 0.6 is 23.1 Å². The van der Waals surface area contributed by atoms with Gasteiger partial charge in [0.05, 0.1) is 22.4 Å². The van der Waals surface area contributed by atoms with Gasteiger partial charge in [0.1, 0.15) is 16.2 Å². The third-order valence-corrected chi connectivity index (χ3v) is 6.56. The maximum atomic E-state index is 6.01. The van der Waals surface area contributed by atoms with Gasteiger partial charge in [-0.15, -0.1) is 23.1 Å². The number of thioether (sulfide) groups is 1. The molecule has 0 radical (unpaired) electrons. The minimum absolute atomic E-state index is 0.148. The number of aryl methyl sites for hydroxylation is 1. The molecule has 0 spiro atoms. The summed E-state index contributed by atoms with van der Waals surface area (Å²) < 4.78 is 7.18. The molecule has 0 atom stereocenters. The van der Waals surface area contributed by atoms with Crippen LogP contribution in [0.3, 0.4) is 0 Å². The molecule has 0 aliphatic carbocycles. The maximum Gasteiger partial charge on any atom is 0.126 e. The molecule has 0 amide bonds. The lowest BCUT2D eigenvalue weighted by Gasteiger charge is -2.32. The topological polar surface area (TPSA) is 47.9 Å². The van der Waals surface area contributed by atoms with Crippen LogP contribution < -0.4 is 0 Å². The first-order valence-corrected chi connectivity index (χ1v) is 9.91. The van der Waals surface area contributed by atoms with Crippen LogP contribution in [0.15, 0.2) is 11.4 Å². The molecule has 4 nitrogen and oxygen atoms in total. The number of nitrogens with zero attached hydrogens (tertiary/aromatic N) is 3. The molecule has 0 unspecified atom stereocenters. The summed E-state index contributed by atoms with van der Waals surface area (Å²) in [6, 6.07) is 0. The predicted octanol–water partition coefficient (Wildman–Crippen LogP) is 4.90. The second kappa shape index (κ2) is 5.64. The minimum Gasteiger partial charge on any atom is -0.370 e. The highest BCUT2D eigenvalue weighted by Gasteiger charge is 2.30. The summed E-state index contributed by atoms with van der Waals surface area (Å²) in [5.74, 6) is 0. The molecule has 0 saturated carbocycles. The number of fused-ring (bicyclic) bond motifs is 5. The number of aromatic nitrogens is 3. The van der Waals surface area contributed by atoms with Crippen molar-refractivity contribution < 1.29 is 4.74 Å². The molecule has 0 aromatic carbocycles. The van der Waals surface area contributed by atoms with Crippen LogP contribution in [-0.2, 0) is 17.8 Å². The highest BCUT2D eigenvalue weighted by Crippen LogP contribution is 2.42. The molecule has 0 N–H and O–H groups in total. The Kier molecular flexibility index (Phi) is 3.82. The Bertz CT molecular complexity index is 946. The summed E-state index contributed by atoms with van der Waals surface area (Å²) in [6.45, 7) is 11.4. The van der Waals surface area contributed by atoms with E-state index in [-0.39, 0.29) is 5.60 Å². The van der Waals surface area contributed by atoms with Crippen LogP contribution in [0.25, 0.3) is 20.4 Å². The zero-order valence-electron chi connectivity index (χ0n) is 14.6. The third kappa shape index (κ3) is 2.61. The summed E-state index contributed by atoms with van der Waals surface area (Å²) in [7, 11) is 0. The van der Waals surface area contributed by atoms with E-state index in [9.17, 15) is 0 Å². The van der Waals surface area contributed by atoms with Gasteiger partial charge in [0, 0.05) is 28.3 Å². The molecular formula is C18H21N3OS2. The third-order valence-electron chi connectivity index (χ3n) is 4.35. The fourth-order valence-electron chi connectivity index (χ4n) is 3.25. The molecule has 126 valence electrons. The molecule has 3 aromatic rings. The van der Waals surface area contributed by atoms with Crippen LogP contribution in [0.4, 0.5) is 0 Å². The number of rotatable bonds is 2. The van der Waals surface area contributed by atoms with E-state index in [2.05, 4.69) is 44.6 Å². The first-order chi connectivity index (χ1) is 11.4. The summed E-state index contributed by atoms with van der Waals surface area (Å²) >= 11 is 3.51. The zero-order valence-corrected chi connectivity index (χ0v) is 16.3. The van der Waals surface area contributed by atoms with Gasteiger partial charge >= 0.3 is 0 Å². The molecule has 1 aliphatic heterocycles. The van der Waals surface area contributed by atoms with Crippen LogP contribution in [0.1, 0.15) is 44.5 Å². The van der Waals surface area contributed by atoms with Crippen molar-refractivity contribution in [2.24, 2.45) is 0 Å². The Hall–Kier alpha value is -1.24. The summed E-state index contributed by atoms with van der Waals surface area (Å²) in [5, 5.41) is 2.76. The molecule has 0 bridgehead atoms. The Morgan fingerprint density at radius 3 is 2.79 bits per heavy atom. The molecule has 0 fully saturated rings. The number of hydrogen-bond acceptors (Lipinski definition) is 6. The summed E-state index contributed by atoms with van der Waals surface area (Å²) in [5.41, 5.74) is 4.57. The molecule has 4 rings (SSSR count). The molecule has 6 heteroatoms. The SMILES string of the molecule is Cc1nc2sc3c(SC(C)C)ncnc3c2c2c1COC(C)(C)C2. The fraction of sp³-hybridized carbons (Fsp3) is 0.500. The maximum absolute atomic E-state index is 6.01. The van der Waals surface area contributed by atoms with E-state index in [1.165, 1.54) is 16.5 Å². The Morgan fingerprint density at radius 2 is 2.04 bits per heavy atom. The zero-order chi connectivity index (χ0) is 17.1. The standard InChI is InChI=1S/C18H21N3OS2/c1-9(2)23-17-15-14(19-8-20-17)13-11-6-18(4,5)22-7-12(11)10(3)21-16(13)24-15/h8-9H,6-7H2,1-5H3. The van der Waals surface area contributed by atoms with E-state index >= 15 is 0 Å². The van der Waals surface area contributed by atoms with Crippen molar-refractivity contribution in [1.82, 2.24) is 15.0 Å². The quantitative estimate of drug-likeness (QED) is 0.481. The van der Waals surface area contributed by atoms with E-state index in [0.717, 1.165) is 32.2 Å². The fourth-order valence-corrected chi connectivity index (χ4v) is 5.37. The lowest BCUT2D eigenvalue weighted by molar-refractivity contribution is -0.0400. The van der Waals surface area contributed by atoms with Crippen molar-refractivity contribution in [1.29, 1.82) is 0 Å². The molecule has 0 saturated heterocycles. The molecule has 1 aliphatic rings. The van der Waals surface area contributed by atoms with E-state index < -0.39 is 0 Å². The first-order valence-electron chi connectivity index (χ1n) is 8.22. The van der Waals surface area contributed by atoms with Gasteiger partial charge in [-0.05, 0) is 26.3 Å². The van der Waals surface area contributed by atoms with Gasteiger partial charge in [0.15, 0.2) is 0 Å². The average Bonchev–Trinajstić information content (AvgIpc) is 2.85. The van der Waals surface area contributed by atoms with Crippen LogP contribution in [-0.4, -0.2) is 25.8 Å². The van der Waals surface area contributed by atoms with Gasteiger partial charge in [-0.3, -0.25) is 0 Å². The smallest absolute Gasteiger partial charge is 0.126 e. The van der Waals surface area contributed by atoms with Crippen molar-refractivity contribution in [3.8, 4) is 0 Å². The van der Waals surface area contributed by atoms with Gasteiger partial charge < -0.3 is 4.74 Å². The Labute approximate surface area is 150 Å². The number of hydrogen-bond donors (Lipinski definition) is 0. The first kappa shape index (κ1) is 16.2. The number of thiophene rings is 1. The van der Waals surface area contributed by atoms with Gasteiger partial charge in [-0.2, -0.15) is 0 Å². The number of ether oxygens (including phenoxy) is 1. The molecular weight excluding hydrogens is 338 g/mol. The highest BCUT2D eigenvalue weighted by atomic mass is 32.2. The van der Waals surface area contributed by atoms with Crippen LogP contribution in [0.5, 0.6) is 0 Å². The van der Waals surface area contributed by atoms with Crippen molar-refractivity contribution >= 4 is 43.5 Å². The average molecular weight is 360 g/mol. The van der Waals surface area contributed by atoms with Gasteiger partial charge in [-0.25, -0.2) is 15.0 Å². The van der Waals surface area contributed by atoms with E-state index in [0.29, 0.717) is 11.9 Å². The van der Waals surface area contributed by atoms with Crippen LogP contribution in [0.2, 0.25) is 0 Å². The largest absolute Gasteiger partial charge is 0.370 e. The van der Waals surface area contributed by atoms with Crippen molar-refractivity contribution in [3.63, 3.8) is 0 Å². The van der Waals surface area contributed by atoms with E-state index in [1.807, 2.05) is 0 Å². The monoisotopic (exact) mass is 359 g/mol. The van der Waals surface area contributed by atoms with Crippen molar-refractivity contribution in [2.75, 3.05) is 0 Å². The van der Waals surface area contributed by atoms with E-state index in [1.54, 1.807) is 29.4 Å². The normalized spacial score (nSPS) is 16.9. The second-order valence-electron chi connectivity index (χ2n) is 7.18. The highest BCUT2D eigenvalue weighted by molar-refractivity contribution is 8.00. The van der Waals surface area contributed by atoms with Crippen molar-refractivity contribution in [2.45, 2.75) is 63.5 Å². The predicted molar refractivity (Wildman–Crippen MR) is 101 cm³/mol. The Morgan fingerprint density at radius 1 is 1.25 bits per heavy atom. The number of pyridine rings is 1. The lowest BCUT2D eigenvalue weighted by atomic mass is 9.89. The Balaban J connectivity index is 2.04.